The molecule has 0 saturated heterocycles. The zero-order valence-corrected chi connectivity index (χ0v) is 20.3. The zero-order chi connectivity index (χ0) is 24.9. The van der Waals surface area contributed by atoms with Crippen molar-refractivity contribution in [3.63, 3.8) is 0 Å². The Balaban J connectivity index is 1.71. The van der Waals surface area contributed by atoms with Crippen LogP contribution < -0.4 is 10.6 Å². The van der Waals surface area contributed by atoms with Crippen molar-refractivity contribution in [2.24, 2.45) is 5.92 Å². The first-order valence-corrected chi connectivity index (χ1v) is 11.9. The largest absolute Gasteiger partial charge is 0.480 e. The van der Waals surface area contributed by atoms with Crippen LogP contribution in [0.5, 0.6) is 0 Å². The van der Waals surface area contributed by atoms with Crippen molar-refractivity contribution in [2.75, 3.05) is 6.61 Å². The molecular weight excluding hydrogens is 432 g/mol. The number of nitrogens with one attached hydrogen (secondary N) is 2. The monoisotopic (exact) mass is 466 g/mol. The number of ether oxygens (including phenoxy) is 1. The van der Waals surface area contributed by atoms with E-state index in [0.717, 1.165) is 22.3 Å². The molecule has 0 aliphatic heterocycles. The lowest BCUT2D eigenvalue weighted by Crippen LogP contribution is -2.60. The SMILES string of the molecule is CC[C@H](C)[C@H](NC(=O)OCC1c2ccccc2-c2ccccc21)C(=O)NC(CC)(CC)C(=O)O. The third-order valence-electron chi connectivity index (χ3n) is 7.09. The minimum absolute atomic E-state index is 0.0890. The Kier molecular flexibility index (Phi) is 7.97. The molecule has 1 aliphatic carbocycles. The number of carboxylic acids is 1. The van der Waals surface area contributed by atoms with Crippen LogP contribution in [0.2, 0.25) is 0 Å². The number of hydrogen-bond donors (Lipinski definition) is 3. The summed E-state index contributed by atoms with van der Waals surface area (Å²) in [5.74, 6) is -1.90. The molecule has 1 aliphatic rings. The molecule has 0 radical (unpaired) electrons. The van der Waals surface area contributed by atoms with Gasteiger partial charge in [-0.15, -0.1) is 0 Å². The molecule has 0 bridgehead atoms. The van der Waals surface area contributed by atoms with Gasteiger partial charge in [0.2, 0.25) is 5.91 Å². The number of fused-ring (bicyclic) bond motifs is 3. The summed E-state index contributed by atoms with van der Waals surface area (Å²) in [4.78, 5) is 37.7. The average molecular weight is 467 g/mol. The number of carbonyl (C=O) groups is 3. The number of alkyl carbamates (subject to hydrolysis) is 1. The van der Waals surface area contributed by atoms with Crippen LogP contribution in [0.4, 0.5) is 4.79 Å². The van der Waals surface area contributed by atoms with E-state index in [0.29, 0.717) is 6.42 Å². The van der Waals surface area contributed by atoms with E-state index in [2.05, 4.69) is 22.8 Å². The molecular formula is C27H34N2O5. The molecule has 2 aromatic carbocycles. The van der Waals surface area contributed by atoms with Crippen molar-refractivity contribution >= 4 is 18.0 Å². The first-order valence-electron chi connectivity index (χ1n) is 11.9. The van der Waals surface area contributed by atoms with E-state index in [1.807, 2.05) is 50.2 Å². The van der Waals surface area contributed by atoms with E-state index in [4.69, 9.17) is 4.74 Å². The van der Waals surface area contributed by atoms with Crippen LogP contribution in [0.15, 0.2) is 48.5 Å². The van der Waals surface area contributed by atoms with Gasteiger partial charge in [-0.25, -0.2) is 9.59 Å². The number of amides is 2. The van der Waals surface area contributed by atoms with Crippen LogP contribution in [0.3, 0.4) is 0 Å². The molecule has 0 spiro atoms. The minimum Gasteiger partial charge on any atom is -0.480 e. The highest BCUT2D eigenvalue weighted by Gasteiger charge is 2.39. The molecule has 2 aromatic rings. The van der Waals surface area contributed by atoms with E-state index >= 15 is 0 Å². The predicted molar refractivity (Wildman–Crippen MR) is 131 cm³/mol. The smallest absolute Gasteiger partial charge is 0.407 e. The van der Waals surface area contributed by atoms with Gasteiger partial charge in [0, 0.05) is 5.92 Å². The number of aliphatic carboxylic acids is 1. The summed E-state index contributed by atoms with van der Waals surface area (Å²) in [6.45, 7) is 7.32. The Bertz CT molecular complexity index is 1000. The van der Waals surface area contributed by atoms with E-state index in [1.54, 1.807) is 13.8 Å². The van der Waals surface area contributed by atoms with Crippen molar-refractivity contribution in [1.82, 2.24) is 10.6 Å². The van der Waals surface area contributed by atoms with Gasteiger partial charge in [0.15, 0.2) is 0 Å². The highest BCUT2D eigenvalue weighted by Crippen LogP contribution is 2.44. The van der Waals surface area contributed by atoms with Gasteiger partial charge in [-0.1, -0.05) is 82.6 Å². The summed E-state index contributed by atoms with van der Waals surface area (Å²) < 4.78 is 5.60. The van der Waals surface area contributed by atoms with Gasteiger partial charge in [0.1, 0.15) is 18.2 Å². The lowest BCUT2D eigenvalue weighted by molar-refractivity contribution is -0.148. The maximum Gasteiger partial charge on any atom is 0.407 e. The van der Waals surface area contributed by atoms with Gasteiger partial charge in [-0.2, -0.15) is 0 Å². The van der Waals surface area contributed by atoms with Crippen LogP contribution in [0.1, 0.15) is 64.0 Å². The fourth-order valence-corrected chi connectivity index (χ4v) is 4.57. The number of carbonyl (C=O) groups excluding carboxylic acids is 2. The van der Waals surface area contributed by atoms with Crippen LogP contribution in [-0.2, 0) is 14.3 Å². The normalized spacial score (nSPS) is 14.5. The fraction of sp³-hybridized carbons (Fsp3) is 0.444. The van der Waals surface area contributed by atoms with E-state index in [1.165, 1.54) is 0 Å². The molecule has 7 heteroatoms. The lowest BCUT2D eigenvalue weighted by atomic mass is 9.91. The molecule has 34 heavy (non-hydrogen) atoms. The molecule has 0 unspecified atom stereocenters. The third kappa shape index (κ3) is 4.93. The Hall–Kier alpha value is -3.35. The Morgan fingerprint density at radius 2 is 1.50 bits per heavy atom. The van der Waals surface area contributed by atoms with Crippen LogP contribution >= 0.6 is 0 Å². The van der Waals surface area contributed by atoms with Crippen LogP contribution in [0, 0.1) is 5.92 Å². The van der Waals surface area contributed by atoms with Crippen LogP contribution in [-0.4, -0.2) is 41.3 Å². The molecule has 0 aromatic heterocycles. The molecule has 0 fully saturated rings. The molecule has 0 saturated carbocycles. The zero-order valence-electron chi connectivity index (χ0n) is 20.3. The predicted octanol–water partition coefficient (Wildman–Crippen LogP) is 4.70. The molecule has 7 nitrogen and oxygen atoms in total. The van der Waals surface area contributed by atoms with E-state index < -0.39 is 29.6 Å². The van der Waals surface area contributed by atoms with Crippen molar-refractivity contribution < 1.29 is 24.2 Å². The molecule has 182 valence electrons. The Labute approximate surface area is 200 Å². The second kappa shape index (κ2) is 10.7. The molecule has 3 rings (SSSR count). The first kappa shape index (κ1) is 25.3. The maximum atomic E-state index is 13.1. The third-order valence-corrected chi connectivity index (χ3v) is 7.09. The second-order valence-electron chi connectivity index (χ2n) is 8.92. The molecule has 2 atom stereocenters. The topological polar surface area (TPSA) is 105 Å². The second-order valence-corrected chi connectivity index (χ2v) is 8.92. The summed E-state index contributed by atoms with van der Waals surface area (Å²) >= 11 is 0. The summed E-state index contributed by atoms with van der Waals surface area (Å²) in [7, 11) is 0. The maximum absolute atomic E-state index is 13.1. The Morgan fingerprint density at radius 3 is 1.97 bits per heavy atom. The summed E-state index contributed by atoms with van der Waals surface area (Å²) in [5, 5.41) is 15.0. The number of carboxylic acid groups (broad SMARTS) is 1. The lowest BCUT2D eigenvalue weighted by Gasteiger charge is -2.32. The van der Waals surface area contributed by atoms with Gasteiger partial charge in [0.25, 0.3) is 0 Å². The van der Waals surface area contributed by atoms with Gasteiger partial charge < -0.3 is 20.5 Å². The highest BCUT2D eigenvalue weighted by atomic mass is 16.5. The average Bonchev–Trinajstić information content (AvgIpc) is 3.17. The van der Waals surface area contributed by atoms with E-state index in [9.17, 15) is 19.5 Å². The van der Waals surface area contributed by atoms with Crippen LogP contribution in [0.25, 0.3) is 11.1 Å². The standard InChI is InChI=1S/C27H34N2O5/c1-5-17(4)23(24(30)29-27(6-2,7-3)25(31)32)28-26(33)34-16-22-20-14-10-8-12-18(20)19-13-9-11-15-21(19)22/h8-15,17,22-23H,5-7,16H2,1-4H3,(H,28,33)(H,29,30)(H,31,32)/t17-,23-/m0/s1. The summed E-state index contributed by atoms with van der Waals surface area (Å²) in [5.41, 5.74) is 3.10. The number of hydrogen-bond acceptors (Lipinski definition) is 4. The number of benzene rings is 2. The summed E-state index contributed by atoms with van der Waals surface area (Å²) in [6.07, 6.45) is 0.405. The number of rotatable bonds is 10. The van der Waals surface area contributed by atoms with Crippen molar-refractivity contribution in [2.45, 2.75) is 64.5 Å². The van der Waals surface area contributed by atoms with Gasteiger partial charge >= 0.3 is 12.1 Å². The van der Waals surface area contributed by atoms with Crippen molar-refractivity contribution in [3.05, 3.63) is 59.7 Å². The Morgan fingerprint density at radius 1 is 0.971 bits per heavy atom. The first-order chi connectivity index (χ1) is 16.3. The van der Waals surface area contributed by atoms with Gasteiger partial charge in [-0.3, -0.25) is 4.79 Å². The summed E-state index contributed by atoms with van der Waals surface area (Å²) in [6, 6.07) is 15.2. The molecule has 2 amide bonds. The molecule has 0 heterocycles. The minimum atomic E-state index is -1.37. The van der Waals surface area contributed by atoms with Gasteiger partial charge in [-0.05, 0) is 41.0 Å². The van der Waals surface area contributed by atoms with E-state index in [-0.39, 0.29) is 31.3 Å². The highest BCUT2D eigenvalue weighted by molar-refractivity contribution is 5.91. The van der Waals surface area contributed by atoms with Gasteiger partial charge in [0.05, 0.1) is 0 Å². The molecule has 3 N–H and O–H groups in total. The quantitative estimate of drug-likeness (QED) is 0.471. The van der Waals surface area contributed by atoms with Crippen molar-refractivity contribution in [3.8, 4) is 11.1 Å². The van der Waals surface area contributed by atoms with Crippen molar-refractivity contribution in [1.29, 1.82) is 0 Å². The fourth-order valence-electron chi connectivity index (χ4n) is 4.57.